The van der Waals surface area contributed by atoms with Crippen LogP contribution in [0.15, 0.2) is 36.4 Å². The Bertz CT molecular complexity index is 1030. The number of non-ortho nitro benzene ring substituents is 1. The summed E-state index contributed by atoms with van der Waals surface area (Å²) in [5, 5.41) is 13.6. The van der Waals surface area contributed by atoms with Gasteiger partial charge in [0.2, 0.25) is 0 Å². The minimum atomic E-state index is -0.601. The van der Waals surface area contributed by atoms with Crippen LogP contribution >= 0.6 is 11.6 Å². The van der Waals surface area contributed by atoms with Gasteiger partial charge in [0.1, 0.15) is 0 Å². The fourth-order valence-corrected chi connectivity index (χ4v) is 3.10. The fourth-order valence-electron chi connectivity index (χ4n) is 2.94. The van der Waals surface area contributed by atoms with Crippen molar-refractivity contribution in [3.8, 4) is 0 Å². The molecule has 0 aliphatic carbocycles. The molecule has 8 nitrogen and oxygen atoms in total. The van der Waals surface area contributed by atoms with Crippen LogP contribution < -0.4 is 5.32 Å². The summed E-state index contributed by atoms with van der Waals surface area (Å²) >= 11 is 6.01. The maximum atomic E-state index is 12.6. The molecule has 1 N–H and O–H groups in total. The number of anilines is 1. The molecule has 0 spiro atoms. The predicted molar refractivity (Wildman–Crippen MR) is 107 cm³/mol. The predicted octanol–water partition coefficient (Wildman–Crippen LogP) is 4.14. The van der Waals surface area contributed by atoms with E-state index in [2.05, 4.69) is 5.32 Å². The maximum absolute atomic E-state index is 12.6. The number of imide groups is 1. The second-order valence-corrected chi connectivity index (χ2v) is 7.49. The van der Waals surface area contributed by atoms with Crippen molar-refractivity contribution in [3.05, 3.63) is 68.2 Å². The normalized spacial score (nSPS) is 13.0. The SMILES string of the molecule is CC(C)CCN1C(=O)c2ccc(C(=O)Nc3cc([N+](=O)[O-])ccc3Cl)cc2C1=O. The standard InChI is InChI=1S/C20H18ClN3O5/c1-11(2)7-8-23-19(26)14-5-3-12(9-15(14)20(23)27)18(25)22-17-10-13(24(28)29)4-6-16(17)21/h3-6,9-11H,7-8H2,1-2H3,(H,22,25). The number of halogens is 1. The Hall–Kier alpha value is -3.26. The van der Waals surface area contributed by atoms with Crippen LogP contribution in [0.5, 0.6) is 0 Å². The summed E-state index contributed by atoms with van der Waals surface area (Å²) in [6, 6.07) is 7.91. The Labute approximate surface area is 171 Å². The monoisotopic (exact) mass is 415 g/mol. The number of hydrogen-bond acceptors (Lipinski definition) is 5. The average Bonchev–Trinajstić information content (AvgIpc) is 2.91. The number of hydrogen-bond donors (Lipinski definition) is 1. The van der Waals surface area contributed by atoms with Gasteiger partial charge in [0.25, 0.3) is 23.4 Å². The average molecular weight is 416 g/mol. The lowest BCUT2D eigenvalue weighted by atomic mass is 10.1. The summed E-state index contributed by atoms with van der Waals surface area (Å²) in [6.45, 7) is 4.31. The molecule has 3 amide bonds. The zero-order valence-corrected chi connectivity index (χ0v) is 16.5. The number of rotatable bonds is 6. The second kappa shape index (κ2) is 8.00. The van der Waals surface area contributed by atoms with Crippen molar-refractivity contribution in [1.82, 2.24) is 4.90 Å². The highest BCUT2D eigenvalue weighted by Gasteiger charge is 2.35. The molecule has 0 saturated heterocycles. The number of fused-ring (bicyclic) bond motifs is 1. The van der Waals surface area contributed by atoms with Crippen molar-refractivity contribution >= 4 is 40.7 Å². The number of amides is 3. The molecule has 29 heavy (non-hydrogen) atoms. The van der Waals surface area contributed by atoms with Gasteiger partial charge in [-0.15, -0.1) is 0 Å². The first-order chi connectivity index (χ1) is 13.7. The zero-order chi connectivity index (χ0) is 21.3. The van der Waals surface area contributed by atoms with Gasteiger partial charge in [0.05, 0.1) is 26.8 Å². The van der Waals surface area contributed by atoms with Crippen LogP contribution in [0.1, 0.15) is 51.3 Å². The first kappa shape index (κ1) is 20.5. The Morgan fingerprint density at radius 3 is 2.48 bits per heavy atom. The van der Waals surface area contributed by atoms with Crippen molar-refractivity contribution in [2.45, 2.75) is 20.3 Å². The molecule has 2 aromatic rings. The van der Waals surface area contributed by atoms with Gasteiger partial charge in [-0.1, -0.05) is 25.4 Å². The van der Waals surface area contributed by atoms with Crippen molar-refractivity contribution < 1.29 is 19.3 Å². The van der Waals surface area contributed by atoms with E-state index < -0.39 is 16.7 Å². The first-order valence-electron chi connectivity index (χ1n) is 8.94. The molecule has 1 aliphatic rings. The van der Waals surface area contributed by atoms with E-state index in [1.54, 1.807) is 0 Å². The van der Waals surface area contributed by atoms with Crippen LogP contribution in [0.4, 0.5) is 11.4 Å². The zero-order valence-electron chi connectivity index (χ0n) is 15.8. The van der Waals surface area contributed by atoms with Gasteiger partial charge >= 0.3 is 0 Å². The van der Waals surface area contributed by atoms with Crippen molar-refractivity contribution in [2.24, 2.45) is 5.92 Å². The molecule has 150 valence electrons. The third-order valence-electron chi connectivity index (χ3n) is 4.57. The minimum absolute atomic E-state index is 0.0762. The van der Waals surface area contributed by atoms with Gasteiger partial charge in [-0.3, -0.25) is 29.4 Å². The van der Waals surface area contributed by atoms with E-state index in [-0.39, 0.29) is 39.0 Å². The van der Waals surface area contributed by atoms with Gasteiger partial charge in [-0.05, 0) is 36.6 Å². The lowest BCUT2D eigenvalue weighted by Gasteiger charge is -2.14. The molecule has 0 fully saturated rings. The number of carbonyl (C=O) groups excluding carboxylic acids is 3. The van der Waals surface area contributed by atoms with E-state index in [9.17, 15) is 24.5 Å². The molecular formula is C20H18ClN3O5. The van der Waals surface area contributed by atoms with Crippen LogP contribution in [0.3, 0.4) is 0 Å². The quantitative estimate of drug-likeness (QED) is 0.433. The number of carbonyl (C=O) groups is 3. The van der Waals surface area contributed by atoms with Crippen molar-refractivity contribution in [2.75, 3.05) is 11.9 Å². The molecule has 1 aliphatic heterocycles. The van der Waals surface area contributed by atoms with Gasteiger partial charge in [0.15, 0.2) is 0 Å². The van der Waals surface area contributed by atoms with Gasteiger partial charge in [-0.2, -0.15) is 0 Å². The third-order valence-corrected chi connectivity index (χ3v) is 4.90. The molecule has 2 aromatic carbocycles. The smallest absolute Gasteiger partial charge is 0.271 e. The fraction of sp³-hybridized carbons (Fsp3) is 0.250. The highest BCUT2D eigenvalue weighted by molar-refractivity contribution is 6.34. The van der Waals surface area contributed by atoms with Crippen molar-refractivity contribution in [3.63, 3.8) is 0 Å². The number of nitrogens with zero attached hydrogens (tertiary/aromatic N) is 2. The molecular weight excluding hydrogens is 398 g/mol. The van der Waals surface area contributed by atoms with E-state index in [4.69, 9.17) is 11.6 Å². The number of nitro groups is 1. The molecule has 0 atom stereocenters. The topological polar surface area (TPSA) is 110 Å². The van der Waals surface area contributed by atoms with E-state index in [1.165, 1.54) is 35.2 Å². The number of nitrogens with one attached hydrogen (secondary N) is 1. The summed E-state index contributed by atoms with van der Waals surface area (Å²) < 4.78 is 0. The first-order valence-corrected chi connectivity index (χ1v) is 9.32. The Balaban J connectivity index is 1.84. The summed E-state index contributed by atoms with van der Waals surface area (Å²) in [4.78, 5) is 49.1. The summed E-state index contributed by atoms with van der Waals surface area (Å²) in [6.07, 6.45) is 0.685. The molecule has 9 heteroatoms. The molecule has 0 unspecified atom stereocenters. The van der Waals surface area contributed by atoms with Crippen LogP contribution in [0.2, 0.25) is 5.02 Å². The molecule has 0 aromatic heterocycles. The second-order valence-electron chi connectivity index (χ2n) is 7.08. The highest BCUT2D eigenvalue weighted by atomic mass is 35.5. The Morgan fingerprint density at radius 1 is 1.14 bits per heavy atom. The molecule has 1 heterocycles. The van der Waals surface area contributed by atoms with Gasteiger partial charge in [-0.25, -0.2) is 0 Å². The lowest BCUT2D eigenvalue weighted by molar-refractivity contribution is -0.384. The van der Waals surface area contributed by atoms with E-state index in [0.29, 0.717) is 18.9 Å². The van der Waals surface area contributed by atoms with Gasteiger partial charge < -0.3 is 5.32 Å². The lowest BCUT2D eigenvalue weighted by Crippen LogP contribution is -2.31. The van der Waals surface area contributed by atoms with Crippen LogP contribution in [-0.2, 0) is 0 Å². The van der Waals surface area contributed by atoms with E-state index in [0.717, 1.165) is 6.07 Å². The van der Waals surface area contributed by atoms with Crippen LogP contribution in [0, 0.1) is 16.0 Å². The maximum Gasteiger partial charge on any atom is 0.271 e. The minimum Gasteiger partial charge on any atom is -0.320 e. The van der Waals surface area contributed by atoms with Crippen LogP contribution in [-0.4, -0.2) is 34.1 Å². The Morgan fingerprint density at radius 2 is 1.83 bits per heavy atom. The number of nitro benzene ring substituents is 1. The highest BCUT2D eigenvalue weighted by Crippen LogP contribution is 2.28. The summed E-state index contributed by atoms with van der Waals surface area (Å²) in [5.41, 5.74) is 0.408. The van der Waals surface area contributed by atoms with Gasteiger partial charge in [0, 0.05) is 24.2 Å². The molecule has 0 saturated carbocycles. The molecule has 0 radical (unpaired) electrons. The van der Waals surface area contributed by atoms with Crippen LogP contribution in [0.25, 0.3) is 0 Å². The van der Waals surface area contributed by atoms with E-state index in [1.807, 2.05) is 13.8 Å². The Kier molecular flexibility index (Phi) is 5.65. The van der Waals surface area contributed by atoms with Crippen molar-refractivity contribution in [1.29, 1.82) is 0 Å². The molecule has 3 rings (SSSR count). The largest absolute Gasteiger partial charge is 0.320 e. The third kappa shape index (κ3) is 4.12. The summed E-state index contributed by atoms with van der Waals surface area (Å²) in [7, 11) is 0. The summed E-state index contributed by atoms with van der Waals surface area (Å²) in [5.74, 6) is -1.08. The number of benzene rings is 2. The molecule has 0 bridgehead atoms. The van der Waals surface area contributed by atoms with E-state index >= 15 is 0 Å².